The van der Waals surface area contributed by atoms with Crippen LogP contribution in [-0.4, -0.2) is 11.0 Å². The molecule has 1 atom stereocenters. The third-order valence-corrected chi connectivity index (χ3v) is 6.73. The van der Waals surface area contributed by atoms with Crippen LogP contribution in [0.5, 0.6) is 0 Å². The van der Waals surface area contributed by atoms with Gasteiger partial charge in [0.15, 0.2) is 0 Å². The fraction of sp³-hybridized carbons (Fsp3) is 0.812. The Morgan fingerprint density at radius 1 is 1.21 bits per heavy atom. The first kappa shape index (κ1) is 12.3. The summed E-state index contributed by atoms with van der Waals surface area (Å²) in [6, 6.07) is 0.344. The molecule has 1 unspecified atom stereocenters. The second-order valence-electron chi connectivity index (χ2n) is 7.23. The van der Waals surface area contributed by atoms with Crippen LogP contribution in [0.3, 0.4) is 0 Å². The number of hydrogen-bond acceptors (Lipinski definition) is 3. The Hall–Kier alpha value is -0.410. The smallest absolute Gasteiger partial charge is 0.0897 e. The molecule has 1 aromatic heterocycles. The van der Waals surface area contributed by atoms with E-state index in [0.29, 0.717) is 6.04 Å². The van der Waals surface area contributed by atoms with E-state index in [-0.39, 0.29) is 0 Å². The summed E-state index contributed by atoms with van der Waals surface area (Å²) in [4.78, 5) is 4.60. The summed E-state index contributed by atoms with van der Waals surface area (Å²) in [6.45, 7) is 2.09. The molecule has 1 aromatic rings. The van der Waals surface area contributed by atoms with Crippen molar-refractivity contribution < 1.29 is 0 Å². The zero-order valence-corrected chi connectivity index (χ0v) is 12.5. The SMILES string of the molecule is Cc1nc(CC(N)C2C3CC4CC(C3)CC2C4)cs1. The molecule has 104 valence electrons. The first-order valence-electron chi connectivity index (χ1n) is 7.85. The van der Waals surface area contributed by atoms with Crippen molar-refractivity contribution in [3.8, 4) is 0 Å². The van der Waals surface area contributed by atoms with Crippen LogP contribution in [0.4, 0.5) is 0 Å². The summed E-state index contributed by atoms with van der Waals surface area (Å²) >= 11 is 1.76. The number of aromatic nitrogens is 1. The van der Waals surface area contributed by atoms with Gasteiger partial charge in [0.05, 0.1) is 10.7 Å². The average Bonchev–Trinajstić information content (AvgIpc) is 2.73. The molecule has 0 radical (unpaired) electrons. The second-order valence-corrected chi connectivity index (χ2v) is 8.30. The van der Waals surface area contributed by atoms with Gasteiger partial charge in [-0.3, -0.25) is 0 Å². The number of aryl methyl sites for hydroxylation is 1. The molecule has 2 nitrogen and oxygen atoms in total. The van der Waals surface area contributed by atoms with Crippen LogP contribution in [0.1, 0.15) is 42.8 Å². The van der Waals surface area contributed by atoms with E-state index in [1.165, 1.54) is 42.8 Å². The molecule has 0 aromatic carbocycles. The van der Waals surface area contributed by atoms with Crippen molar-refractivity contribution in [2.45, 2.75) is 51.5 Å². The third-order valence-electron chi connectivity index (χ3n) is 5.91. The summed E-state index contributed by atoms with van der Waals surface area (Å²) in [5, 5.41) is 3.37. The summed E-state index contributed by atoms with van der Waals surface area (Å²) in [6.07, 6.45) is 8.42. The van der Waals surface area contributed by atoms with Gasteiger partial charge >= 0.3 is 0 Å². The van der Waals surface area contributed by atoms with Gasteiger partial charge in [-0.25, -0.2) is 4.98 Å². The lowest BCUT2D eigenvalue weighted by Gasteiger charge is -2.56. The molecule has 4 fully saturated rings. The molecule has 4 bridgehead atoms. The Balaban J connectivity index is 1.49. The lowest BCUT2D eigenvalue weighted by Crippen LogP contribution is -2.52. The average molecular weight is 276 g/mol. The van der Waals surface area contributed by atoms with E-state index >= 15 is 0 Å². The van der Waals surface area contributed by atoms with Crippen LogP contribution in [0.2, 0.25) is 0 Å². The molecular formula is C16H24N2S. The van der Waals surface area contributed by atoms with E-state index in [0.717, 1.165) is 36.0 Å². The molecule has 0 amide bonds. The predicted octanol–water partition coefficient (Wildman–Crippen LogP) is 3.39. The van der Waals surface area contributed by atoms with Gasteiger partial charge in [0.2, 0.25) is 0 Å². The number of hydrogen-bond donors (Lipinski definition) is 1. The Kier molecular flexibility index (Phi) is 2.96. The molecule has 3 heteroatoms. The fourth-order valence-electron chi connectivity index (χ4n) is 5.55. The molecule has 1 heterocycles. The standard InChI is InChI=1S/C16H24N2S/c1-9-18-14(8-19-9)7-15(17)16-12-3-10-2-11(5-12)6-13(16)4-10/h8,10-13,15-16H,2-7,17H2,1H3. The first-order valence-corrected chi connectivity index (χ1v) is 8.73. The minimum absolute atomic E-state index is 0.344. The molecule has 19 heavy (non-hydrogen) atoms. The van der Waals surface area contributed by atoms with Gasteiger partial charge in [-0.05, 0) is 68.6 Å². The Bertz CT molecular complexity index is 439. The molecular weight excluding hydrogens is 252 g/mol. The summed E-state index contributed by atoms with van der Waals surface area (Å²) in [5.74, 6) is 4.76. The van der Waals surface area contributed by atoms with Crippen LogP contribution in [-0.2, 0) is 6.42 Å². The van der Waals surface area contributed by atoms with Crippen molar-refractivity contribution in [2.24, 2.45) is 35.3 Å². The maximum Gasteiger partial charge on any atom is 0.0897 e. The Morgan fingerprint density at radius 3 is 2.37 bits per heavy atom. The lowest BCUT2D eigenvalue weighted by molar-refractivity contribution is -0.0465. The third kappa shape index (κ3) is 2.15. The number of thiazole rings is 1. The first-order chi connectivity index (χ1) is 9.19. The van der Waals surface area contributed by atoms with Crippen molar-refractivity contribution in [1.29, 1.82) is 0 Å². The molecule has 4 aliphatic rings. The van der Waals surface area contributed by atoms with Gasteiger partial charge in [-0.2, -0.15) is 0 Å². The monoisotopic (exact) mass is 276 g/mol. The Morgan fingerprint density at radius 2 is 1.84 bits per heavy atom. The predicted molar refractivity (Wildman–Crippen MR) is 79.1 cm³/mol. The van der Waals surface area contributed by atoms with E-state index in [4.69, 9.17) is 5.73 Å². The highest BCUT2D eigenvalue weighted by Gasteiger charge is 2.49. The highest BCUT2D eigenvalue weighted by atomic mass is 32.1. The maximum atomic E-state index is 6.60. The maximum absolute atomic E-state index is 6.60. The van der Waals surface area contributed by atoms with Crippen LogP contribution in [0.15, 0.2) is 5.38 Å². The van der Waals surface area contributed by atoms with Gasteiger partial charge in [0.25, 0.3) is 0 Å². The molecule has 2 N–H and O–H groups in total. The second kappa shape index (κ2) is 4.56. The molecule has 5 rings (SSSR count). The number of rotatable bonds is 3. The van der Waals surface area contributed by atoms with Crippen LogP contribution in [0, 0.1) is 36.5 Å². The minimum atomic E-state index is 0.344. The summed E-state index contributed by atoms with van der Waals surface area (Å²) in [5.41, 5.74) is 7.83. The van der Waals surface area contributed by atoms with E-state index in [9.17, 15) is 0 Å². The zero-order chi connectivity index (χ0) is 13.0. The molecule has 4 saturated carbocycles. The van der Waals surface area contributed by atoms with E-state index in [1.54, 1.807) is 11.3 Å². The van der Waals surface area contributed by atoms with Gasteiger partial charge in [-0.15, -0.1) is 11.3 Å². The molecule has 0 saturated heterocycles. The molecule has 0 aliphatic heterocycles. The van der Waals surface area contributed by atoms with E-state index in [1.807, 2.05) is 0 Å². The fourth-order valence-corrected chi connectivity index (χ4v) is 6.17. The molecule has 4 aliphatic carbocycles. The largest absolute Gasteiger partial charge is 0.327 e. The lowest BCUT2D eigenvalue weighted by atomic mass is 9.50. The van der Waals surface area contributed by atoms with Crippen LogP contribution < -0.4 is 5.73 Å². The zero-order valence-electron chi connectivity index (χ0n) is 11.7. The Labute approximate surface area is 119 Å². The van der Waals surface area contributed by atoms with Crippen molar-refractivity contribution in [1.82, 2.24) is 4.98 Å². The minimum Gasteiger partial charge on any atom is -0.327 e. The highest BCUT2D eigenvalue weighted by Crippen LogP contribution is 2.57. The van der Waals surface area contributed by atoms with Gasteiger partial charge < -0.3 is 5.73 Å². The van der Waals surface area contributed by atoms with Crippen LogP contribution in [0.25, 0.3) is 0 Å². The summed E-state index contributed by atoms with van der Waals surface area (Å²) in [7, 11) is 0. The van der Waals surface area contributed by atoms with Crippen molar-refractivity contribution in [3.05, 3.63) is 16.1 Å². The normalized spacial score (nSPS) is 41.7. The topological polar surface area (TPSA) is 38.9 Å². The summed E-state index contributed by atoms with van der Waals surface area (Å²) < 4.78 is 0. The van der Waals surface area contributed by atoms with Gasteiger partial charge in [0, 0.05) is 17.8 Å². The number of nitrogens with zero attached hydrogens (tertiary/aromatic N) is 1. The quantitative estimate of drug-likeness (QED) is 0.919. The number of nitrogens with two attached hydrogens (primary N) is 1. The van der Waals surface area contributed by atoms with Gasteiger partial charge in [0.1, 0.15) is 0 Å². The van der Waals surface area contributed by atoms with Gasteiger partial charge in [-0.1, -0.05) is 0 Å². The highest BCUT2D eigenvalue weighted by molar-refractivity contribution is 7.09. The van der Waals surface area contributed by atoms with E-state index in [2.05, 4.69) is 17.3 Å². The van der Waals surface area contributed by atoms with Crippen LogP contribution >= 0.6 is 11.3 Å². The molecule has 0 spiro atoms. The van der Waals surface area contributed by atoms with Crippen molar-refractivity contribution >= 4 is 11.3 Å². The van der Waals surface area contributed by atoms with E-state index < -0.39 is 0 Å². The van der Waals surface area contributed by atoms with Crippen molar-refractivity contribution in [2.75, 3.05) is 0 Å². The van der Waals surface area contributed by atoms with Crippen molar-refractivity contribution in [3.63, 3.8) is 0 Å².